The van der Waals surface area contributed by atoms with Crippen LogP contribution in [0.1, 0.15) is 29.5 Å². The Balaban J connectivity index is 1.84. The highest BCUT2D eigenvalue weighted by Crippen LogP contribution is 2.11. The largest absolute Gasteiger partial charge is 0.354 e. The molecule has 1 amide bonds. The highest BCUT2D eigenvalue weighted by molar-refractivity contribution is 5.79. The van der Waals surface area contributed by atoms with Crippen molar-refractivity contribution < 1.29 is 4.79 Å². The molecule has 0 saturated carbocycles. The number of nitrogens with one attached hydrogen (secondary N) is 2. The van der Waals surface area contributed by atoms with E-state index in [4.69, 9.17) is 0 Å². The average Bonchev–Trinajstić information content (AvgIpc) is 2.84. The van der Waals surface area contributed by atoms with E-state index in [0.717, 1.165) is 18.7 Å². The van der Waals surface area contributed by atoms with Crippen molar-refractivity contribution in [3.05, 3.63) is 34.9 Å². The van der Waals surface area contributed by atoms with Gasteiger partial charge in [-0.1, -0.05) is 23.8 Å². The molecular weight excluding hydrogens is 224 g/mol. The normalized spacial score (nSPS) is 18.9. The van der Waals surface area contributed by atoms with Gasteiger partial charge in [-0.05, 0) is 44.4 Å². The van der Waals surface area contributed by atoms with Gasteiger partial charge in [0.2, 0.25) is 5.91 Å². The Kier molecular flexibility index (Phi) is 4.37. The molecule has 1 aliphatic heterocycles. The first-order valence-corrected chi connectivity index (χ1v) is 6.71. The molecule has 1 aromatic rings. The molecule has 1 aliphatic rings. The first-order valence-electron chi connectivity index (χ1n) is 6.71. The highest BCUT2D eigenvalue weighted by atomic mass is 16.1. The standard InChI is InChI=1S/C15H22N2O/c1-11-5-6-12(2)13(8-11)9-15(18)17-10-14-4-3-7-16-14/h5-6,8,14,16H,3-4,7,9-10H2,1-2H3,(H,17,18). The van der Waals surface area contributed by atoms with Gasteiger partial charge < -0.3 is 10.6 Å². The van der Waals surface area contributed by atoms with E-state index in [-0.39, 0.29) is 5.91 Å². The third kappa shape index (κ3) is 3.57. The Morgan fingerprint density at radius 2 is 2.28 bits per heavy atom. The van der Waals surface area contributed by atoms with Crippen molar-refractivity contribution in [3.63, 3.8) is 0 Å². The van der Waals surface area contributed by atoms with Crippen molar-refractivity contribution in [3.8, 4) is 0 Å². The van der Waals surface area contributed by atoms with E-state index in [1.807, 2.05) is 0 Å². The Morgan fingerprint density at radius 3 is 3.00 bits per heavy atom. The number of amides is 1. The van der Waals surface area contributed by atoms with Crippen molar-refractivity contribution in [1.82, 2.24) is 10.6 Å². The SMILES string of the molecule is Cc1ccc(C)c(CC(=O)NCC2CCCN2)c1. The Hall–Kier alpha value is -1.35. The van der Waals surface area contributed by atoms with Crippen LogP contribution in [0, 0.1) is 13.8 Å². The molecule has 18 heavy (non-hydrogen) atoms. The van der Waals surface area contributed by atoms with Crippen LogP contribution in [-0.4, -0.2) is 25.0 Å². The minimum absolute atomic E-state index is 0.123. The fourth-order valence-electron chi connectivity index (χ4n) is 2.39. The minimum atomic E-state index is 0.123. The number of carbonyl (C=O) groups is 1. The molecule has 0 spiro atoms. The molecule has 3 nitrogen and oxygen atoms in total. The van der Waals surface area contributed by atoms with Crippen molar-refractivity contribution >= 4 is 5.91 Å². The average molecular weight is 246 g/mol. The minimum Gasteiger partial charge on any atom is -0.354 e. The summed E-state index contributed by atoms with van der Waals surface area (Å²) < 4.78 is 0. The van der Waals surface area contributed by atoms with E-state index in [0.29, 0.717) is 12.5 Å². The van der Waals surface area contributed by atoms with Crippen molar-refractivity contribution in [2.24, 2.45) is 0 Å². The summed E-state index contributed by atoms with van der Waals surface area (Å²) in [4.78, 5) is 11.9. The number of aryl methyl sites for hydroxylation is 2. The molecule has 0 bridgehead atoms. The molecule has 1 aromatic carbocycles. The fraction of sp³-hybridized carbons (Fsp3) is 0.533. The summed E-state index contributed by atoms with van der Waals surface area (Å²) in [7, 11) is 0. The van der Waals surface area contributed by atoms with Crippen LogP contribution in [0.3, 0.4) is 0 Å². The molecule has 2 rings (SSSR count). The Morgan fingerprint density at radius 1 is 1.44 bits per heavy atom. The lowest BCUT2D eigenvalue weighted by Gasteiger charge is -2.12. The monoisotopic (exact) mass is 246 g/mol. The van der Waals surface area contributed by atoms with Gasteiger partial charge in [-0.2, -0.15) is 0 Å². The lowest BCUT2D eigenvalue weighted by atomic mass is 10.0. The topological polar surface area (TPSA) is 41.1 Å². The number of carbonyl (C=O) groups excluding carboxylic acids is 1. The summed E-state index contributed by atoms with van der Waals surface area (Å²) in [6.07, 6.45) is 2.88. The lowest BCUT2D eigenvalue weighted by Crippen LogP contribution is -2.37. The summed E-state index contributed by atoms with van der Waals surface area (Å²) in [6, 6.07) is 6.73. The second-order valence-corrected chi connectivity index (χ2v) is 5.20. The van der Waals surface area contributed by atoms with E-state index in [1.54, 1.807) is 0 Å². The number of hydrogen-bond donors (Lipinski definition) is 2. The van der Waals surface area contributed by atoms with Gasteiger partial charge in [0.1, 0.15) is 0 Å². The maximum absolute atomic E-state index is 11.9. The number of hydrogen-bond acceptors (Lipinski definition) is 2. The van der Waals surface area contributed by atoms with Gasteiger partial charge in [0, 0.05) is 12.6 Å². The van der Waals surface area contributed by atoms with Gasteiger partial charge in [-0.15, -0.1) is 0 Å². The quantitative estimate of drug-likeness (QED) is 0.849. The fourth-order valence-corrected chi connectivity index (χ4v) is 2.39. The molecular formula is C15H22N2O. The van der Waals surface area contributed by atoms with Crippen LogP contribution in [0.4, 0.5) is 0 Å². The van der Waals surface area contributed by atoms with Crippen LogP contribution in [-0.2, 0) is 11.2 Å². The summed E-state index contributed by atoms with van der Waals surface area (Å²) in [6.45, 7) is 5.95. The van der Waals surface area contributed by atoms with Crippen molar-refractivity contribution in [1.29, 1.82) is 0 Å². The number of benzene rings is 1. The second-order valence-electron chi connectivity index (χ2n) is 5.20. The molecule has 1 saturated heterocycles. The predicted octanol–water partition coefficient (Wildman–Crippen LogP) is 1.71. The zero-order valence-electron chi connectivity index (χ0n) is 11.3. The summed E-state index contributed by atoms with van der Waals surface area (Å²) in [5.41, 5.74) is 3.53. The molecule has 3 heteroatoms. The van der Waals surface area contributed by atoms with Crippen LogP contribution < -0.4 is 10.6 Å². The summed E-state index contributed by atoms with van der Waals surface area (Å²) >= 11 is 0. The molecule has 1 atom stereocenters. The maximum atomic E-state index is 11.9. The van der Waals surface area contributed by atoms with Gasteiger partial charge in [-0.3, -0.25) is 4.79 Å². The molecule has 98 valence electrons. The van der Waals surface area contributed by atoms with E-state index in [9.17, 15) is 4.79 Å². The smallest absolute Gasteiger partial charge is 0.224 e. The van der Waals surface area contributed by atoms with Gasteiger partial charge in [-0.25, -0.2) is 0 Å². The van der Waals surface area contributed by atoms with Crippen LogP contribution >= 0.6 is 0 Å². The van der Waals surface area contributed by atoms with E-state index in [1.165, 1.54) is 24.0 Å². The van der Waals surface area contributed by atoms with E-state index in [2.05, 4.69) is 42.7 Å². The highest BCUT2D eigenvalue weighted by Gasteiger charge is 2.14. The Labute approximate surface area is 109 Å². The first kappa shape index (κ1) is 13.1. The lowest BCUT2D eigenvalue weighted by molar-refractivity contribution is -0.120. The molecule has 1 fully saturated rings. The predicted molar refractivity (Wildman–Crippen MR) is 73.7 cm³/mol. The van der Waals surface area contributed by atoms with E-state index < -0.39 is 0 Å². The first-order chi connectivity index (χ1) is 8.65. The van der Waals surface area contributed by atoms with Crippen LogP contribution in [0.25, 0.3) is 0 Å². The number of rotatable bonds is 4. The molecule has 0 radical (unpaired) electrons. The van der Waals surface area contributed by atoms with Crippen LogP contribution in [0.2, 0.25) is 0 Å². The molecule has 1 unspecified atom stereocenters. The summed E-state index contributed by atoms with van der Waals surface area (Å²) in [5, 5.41) is 6.40. The summed E-state index contributed by atoms with van der Waals surface area (Å²) in [5.74, 6) is 0.123. The third-order valence-corrected chi connectivity index (χ3v) is 3.56. The van der Waals surface area contributed by atoms with Gasteiger partial charge in [0.05, 0.1) is 6.42 Å². The van der Waals surface area contributed by atoms with Crippen molar-refractivity contribution in [2.45, 2.75) is 39.2 Å². The molecule has 0 aromatic heterocycles. The van der Waals surface area contributed by atoms with Gasteiger partial charge in [0.15, 0.2) is 0 Å². The maximum Gasteiger partial charge on any atom is 0.224 e. The zero-order valence-corrected chi connectivity index (χ0v) is 11.3. The third-order valence-electron chi connectivity index (χ3n) is 3.56. The Bertz CT molecular complexity index is 423. The van der Waals surface area contributed by atoms with Crippen LogP contribution in [0.15, 0.2) is 18.2 Å². The van der Waals surface area contributed by atoms with Gasteiger partial charge >= 0.3 is 0 Å². The molecule has 2 N–H and O–H groups in total. The van der Waals surface area contributed by atoms with Gasteiger partial charge in [0.25, 0.3) is 0 Å². The second kappa shape index (κ2) is 6.01. The van der Waals surface area contributed by atoms with E-state index >= 15 is 0 Å². The van der Waals surface area contributed by atoms with Crippen LogP contribution in [0.5, 0.6) is 0 Å². The molecule has 0 aliphatic carbocycles. The van der Waals surface area contributed by atoms with Crippen molar-refractivity contribution in [2.75, 3.05) is 13.1 Å². The molecule has 1 heterocycles. The zero-order chi connectivity index (χ0) is 13.0.